The van der Waals surface area contributed by atoms with E-state index in [1.54, 1.807) is 6.07 Å². The number of rotatable bonds is 5. The summed E-state index contributed by atoms with van der Waals surface area (Å²) in [4.78, 5) is 4.74. The first-order valence-corrected chi connectivity index (χ1v) is 11.2. The number of halogens is 1. The number of nitrogens with one attached hydrogen (secondary N) is 1. The number of nitrogens with zero attached hydrogens (tertiary/aromatic N) is 2. The van der Waals surface area contributed by atoms with Gasteiger partial charge in [0.25, 0.3) is 0 Å². The highest BCUT2D eigenvalue weighted by atomic mass is 35.5. The standard InChI is InChI=1S/C22H25N3O3S.ClH/c1-2-17-6-5-7-18(16-17)24-12-14-25(15-13-24)22-11-10-21(23-29(26,27)28)19-8-3-4-9-20(19)22;/h3-11,16,23H,2,12-15H2,1H3,(H,26,27,28);1H. The zero-order chi connectivity index (χ0) is 20.4. The van der Waals surface area contributed by atoms with Gasteiger partial charge in [0.05, 0.1) is 5.69 Å². The molecule has 0 unspecified atom stereocenters. The van der Waals surface area contributed by atoms with Gasteiger partial charge in [-0.2, -0.15) is 8.42 Å². The molecule has 0 saturated carbocycles. The fourth-order valence-electron chi connectivity index (χ4n) is 3.97. The Labute approximate surface area is 183 Å². The van der Waals surface area contributed by atoms with Gasteiger partial charge in [-0.15, -0.1) is 12.4 Å². The van der Waals surface area contributed by atoms with Crippen molar-refractivity contribution < 1.29 is 13.0 Å². The molecule has 1 aliphatic rings. The second-order valence-corrected chi connectivity index (χ2v) is 8.41. The molecule has 0 aromatic heterocycles. The molecule has 0 bridgehead atoms. The topological polar surface area (TPSA) is 72.9 Å². The van der Waals surface area contributed by atoms with Crippen LogP contribution in [0.25, 0.3) is 10.8 Å². The smallest absolute Gasteiger partial charge is 0.357 e. The molecule has 4 rings (SSSR count). The first-order valence-electron chi connectivity index (χ1n) is 9.80. The van der Waals surface area contributed by atoms with E-state index in [0.29, 0.717) is 5.69 Å². The van der Waals surface area contributed by atoms with Crippen LogP contribution < -0.4 is 14.5 Å². The monoisotopic (exact) mass is 447 g/mol. The SMILES string of the molecule is CCc1cccc(N2CCN(c3ccc(NS(=O)(=O)O)c4ccccc34)CC2)c1.Cl. The average Bonchev–Trinajstić information content (AvgIpc) is 2.73. The Bertz CT molecular complexity index is 1130. The molecule has 160 valence electrons. The van der Waals surface area contributed by atoms with E-state index < -0.39 is 10.3 Å². The highest BCUT2D eigenvalue weighted by Crippen LogP contribution is 2.33. The Balaban J connectivity index is 0.00000256. The fraction of sp³-hybridized carbons (Fsp3) is 0.273. The zero-order valence-corrected chi connectivity index (χ0v) is 18.4. The van der Waals surface area contributed by atoms with Crippen molar-refractivity contribution in [1.82, 2.24) is 0 Å². The Hall–Kier alpha value is -2.48. The average molecular weight is 448 g/mol. The van der Waals surface area contributed by atoms with E-state index in [2.05, 4.69) is 45.7 Å². The molecule has 1 heterocycles. The second kappa shape index (κ2) is 9.12. The third-order valence-electron chi connectivity index (χ3n) is 5.44. The minimum Gasteiger partial charge on any atom is -0.368 e. The summed E-state index contributed by atoms with van der Waals surface area (Å²) in [5.41, 5.74) is 4.06. The molecule has 30 heavy (non-hydrogen) atoms. The van der Waals surface area contributed by atoms with E-state index >= 15 is 0 Å². The van der Waals surface area contributed by atoms with E-state index in [0.717, 1.165) is 49.1 Å². The molecular formula is C22H26ClN3O3S. The molecular weight excluding hydrogens is 422 g/mol. The molecule has 1 aliphatic heterocycles. The van der Waals surface area contributed by atoms with Crippen LogP contribution in [0, 0.1) is 0 Å². The summed E-state index contributed by atoms with van der Waals surface area (Å²) in [6, 6.07) is 20.0. The van der Waals surface area contributed by atoms with Crippen molar-refractivity contribution in [3.8, 4) is 0 Å². The summed E-state index contributed by atoms with van der Waals surface area (Å²) in [6.07, 6.45) is 1.03. The van der Waals surface area contributed by atoms with Crippen LogP contribution in [0.4, 0.5) is 17.1 Å². The zero-order valence-electron chi connectivity index (χ0n) is 16.8. The molecule has 0 atom stereocenters. The van der Waals surface area contributed by atoms with Crippen LogP contribution in [0.15, 0.2) is 60.7 Å². The summed E-state index contributed by atoms with van der Waals surface area (Å²) in [5, 5.41) is 1.73. The minimum absolute atomic E-state index is 0. The predicted octanol–water partition coefficient (Wildman–Crippen LogP) is 4.37. The largest absolute Gasteiger partial charge is 0.368 e. The van der Waals surface area contributed by atoms with Crippen LogP contribution in [0.5, 0.6) is 0 Å². The van der Waals surface area contributed by atoms with Crippen LogP contribution in [-0.4, -0.2) is 39.1 Å². The van der Waals surface area contributed by atoms with Crippen LogP contribution in [-0.2, 0) is 16.7 Å². The maximum Gasteiger partial charge on any atom is 0.357 e. The summed E-state index contributed by atoms with van der Waals surface area (Å²) >= 11 is 0. The minimum atomic E-state index is -4.32. The summed E-state index contributed by atoms with van der Waals surface area (Å²) in [6.45, 7) is 5.78. The predicted molar refractivity (Wildman–Crippen MR) is 127 cm³/mol. The molecule has 0 radical (unpaired) electrons. The first-order chi connectivity index (χ1) is 13.9. The molecule has 0 amide bonds. The number of fused-ring (bicyclic) bond motifs is 1. The fourth-order valence-corrected chi connectivity index (χ4v) is 4.42. The summed E-state index contributed by atoms with van der Waals surface area (Å²) in [7, 11) is -4.32. The van der Waals surface area contributed by atoms with Crippen molar-refractivity contribution in [2.45, 2.75) is 13.3 Å². The maximum absolute atomic E-state index is 11.3. The lowest BCUT2D eigenvalue weighted by atomic mass is 10.1. The van der Waals surface area contributed by atoms with Gasteiger partial charge in [0, 0.05) is 48.3 Å². The Morgan fingerprint density at radius 1 is 0.900 bits per heavy atom. The van der Waals surface area contributed by atoms with Gasteiger partial charge < -0.3 is 9.80 Å². The number of hydrogen-bond acceptors (Lipinski definition) is 4. The normalized spacial score (nSPS) is 14.5. The highest BCUT2D eigenvalue weighted by Gasteiger charge is 2.20. The van der Waals surface area contributed by atoms with Gasteiger partial charge in [-0.25, -0.2) is 0 Å². The van der Waals surface area contributed by atoms with Crippen molar-refractivity contribution in [2.75, 3.05) is 40.7 Å². The van der Waals surface area contributed by atoms with Crippen molar-refractivity contribution >= 4 is 50.5 Å². The Morgan fingerprint density at radius 3 is 2.23 bits per heavy atom. The van der Waals surface area contributed by atoms with Crippen LogP contribution in [0.3, 0.4) is 0 Å². The third-order valence-corrected chi connectivity index (χ3v) is 5.92. The van der Waals surface area contributed by atoms with Crippen molar-refractivity contribution in [3.05, 3.63) is 66.2 Å². The van der Waals surface area contributed by atoms with Crippen LogP contribution in [0.2, 0.25) is 0 Å². The lowest BCUT2D eigenvalue weighted by Gasteiger charge is -2.38. The molecule has 2 N–H and O–H groups in total. The van der Waals surface area contributed by atoms with Gasteiger partial charge in [-0.1, -0.05) is 43.3 Å². The highest BCUT2D eigenvalue weighted by molar-refractivity contribution is 7.87. The van der Waals surface area contributed by atoms with E-state index in [9.17, 15) is 8.42 Å². The summed E-state index contributed by atoms with van der Waals surface area (Å²) < 4.78 is 33.9. The van der Waals surface area contributed by atoms with Crippen molar-refractivity contribution in [1.29, 1.82) is 0 Å². The van der Waals surface area contributed by atoms with Crippen LogP contribution in [0.1, 0.15) is 12.5 Å². The number of hydrogen-bond donors (Lipinski definition) is 2. The van der Waals surface area contributed by atoms with E-state index in [1.165, 1.54) is 11.3 Å². The van der Waals surface area contributed by atoms with Gasteiger partial charge in [0.2, 0.25) is 0 Å². The van der Waals surface area contributed by atoms with Gasteiger partial charge >= 0.3 is 10.3 Å². The van der Waals surface area contributed by atoms with Crippen molar-refractivity contribution in [3.63, 3.8) is 0 Å². The molecule has 3 aromatic carbocycles. The molecule has 3 aromatic rings. The summed E-state index contributed by atoms with van der Waals surface area (Å²) in [5.74, 6) is 0. The first kappa shape index (κ1) is 22.2. The Kier molecular flexibility index (Phi) is 6.75. The van der Waals surface area contributed by atoms with Crippen molar-refractivity contribution in [2.24, 2.45) is 0 Å². The lowest BCUT2D eigenvalue weighted by molar-refractivity contribution is 0.490. The molecule has 8 heteroatoms. The van der Waals surface area contributed by atoms with E-state index in [4.69, 9.17) is 4.55 Å². The number of anilines is 3. The van der Waals surface area contributed by atoms with E-state index in [-0.39, 0.29) is 12.4 Å². The lowest BCUT2D eigenvalue weighted by Crippen LogP contribution is -2.46. The maximum atomic E-state index is 11.3. The van der Waals surface area contributed by atoms with Gasteiger partial charge in [-0.3, -0.25) is 9.27 Å². The molecule has 1 fully saturated rings. The molecule has 1 saturated heterocycles. The number of benzene rings is 3. The van der Waals surface area contributed by atoms with Gasteiger partial charge in [0.15, 0.2) is 0 Å². The molecule has 6 nitrogen and oxygen atoms in total. The molecule has 0 spiro atoms. The number of aryl methyl sites for hydroxylation is 1. The van der Waals surface area contributed by atoms with Gasteiger partial charge in [-0.05, 0) is 36.2 Å². The van der Waals surface area contributed by atoms with Gasteiger partial charge in [0.1, 0.15) is 0 Å². The molecule has 0 aliphatic carbocycles. The van der Waals surface area contributed by atoms with Crippen LogP contribution >= 0.6 is 12.4 Å². The number of piperazine rings is 1. The quantitative estimate of drug-likeness (QED) is 0.568. The third kappa shape index (κ3) is 4.80. The second-order valence-electron chi connectivity index (χ2n) is 7.25. The Morgan fingerprint density at radius 2 is 1.57 bits per heavy atom. The van der Waals surface area contributed by atoms with E-state index in [1.807, 2.05) is 30.3 Å².